The highest BCUT2D eigenvalue weighted by molar-refractivity contribution is 7.13. The summed E-state index contributed by atoms with van der Waals surface area (Å²) in [6, 6.07) is 4.13. The Hall–Kier alpha value is -1.17. The number of hydrogen-bond acceptors (Lipinski definition) is 5. The fraction of sp³-hybridized carbons (Fsp3) is 0.462. The van der Waals surface area contributed by atoms with Gasteiger partial charge in [-0.05, 0) is 18.1 Å². The van der Waals surface area contributed by atoms with Gasteiger partial charge in [0.05, 0.1) is 12.0 Å². The first-order valence-electron chi connectivity index (χ1n) is 6.18. The molecule has 0 radical (unpaired) electrons. The zero-order valence-electron chi connectivity index (χ0n) is 10.4. The summed E-state index contributed by atoms with van der Waals surface area (Å²) in [6.07, 6.45) is 1.68. The predicted molar refractivity (Wildman–Crippen MR) is 72.2 cm³/mol. The lowest BCUT2D eigenvalue weighted by molar-refractivity contribution is 0.315. The van der Waals surface area contributed by atoms with Crippen LogP contribution in [0.3, 0.4) is 0 Å². The quantitative estimate of drug-likeness (QED) is 0.922. The SMILES string of the molecule is CC1CN(Cc2csc(-c3ccco3)n2)CC1N. The Morgan fingerprint density at radius 2 is 2.44 bits per heavy atom. The molecule has 0 bridgehead atoms. The molecule has 3 rings (SSSR count). The van der Waals surface area contributed by atoms with Gasteiger partial charge >= 0.3 is 0 Å². The predicted octanol–water partition coefficient (Wildman–Crippen LogP) is 2.18. The van der Waals surface area contributed by atoms with Gasteiger partial charge in [-0.1, -0.05) is 6.92 Å². The average molecular weight is 263 g/mol. The van der Waals surface area contributed by atoms with Crippen molar-refractivity contribution in [2.45, 2.75) is 19.5 Å². The molecular weight excluding hydrogens is 246 g/mol. The van der Waals surface area contributed by atoms with E-state index in [2.05, 4.69) is 22.2 Å². The van der Waals surface area contributed by atoms with E-state index in [9.17, 15) is 0 Å². The van der Waals surface area contributed by atoms with Crippen molar-refractivity contribution < 1.29 is 4.42 Å². The Bertz CT molecular complexity index is 498. The van der Waals surface area contributed by atoms with Gasteiger partial charge in [-0.3, -0.25) is 4.90 Å². The molecular formula is C13H17N3OS. The van der Waals surface area contributed by atoms with Crippen LogP contribution in [0, 0.1) is 5.92 Å². The summed E-state index contributed by atoms with van der Waals surface area (Å²) in [6.45, 7) is 5.12. The molecule has 0 aromatic carbocycles. The molecule has 2 aromatic heterocycles. The van der Waals surface area contributed by atoms with Crippen LogP contribution >= 0.6 is 11.3 Å². The Labute approximate surface area is 110 Å². The maximum Gasteiger partial charge on any atom is 0.162 e. The summed E-state index contributed by atoms with van der Waals surface area (Å²) in [5.74, 6) is 1.42. The van der Waals surface area contributed by atoms with Crippen LogP contribution in [-0.2, 0) is 6.54 Å². The minimum atomic E-state index is 0.299. The van der Waals surface area contributed by atoms with E-state index in [1.807, 2.05) is 12.1 Å². The van der Waals surface area contributed by atoms with Gasteiger partial charge in [-0.2, -0.15) is 0 Å². The molecule has 2 aromatic rings. The van der Waals surface area contributed by atoms with E-state index in [-0.39, 0.29) is 0 Å². The van der Waals surface area contributed by atoms with E-state index < -0.39 is 0 Å². The summed E-state index contributed by atoms with van der Waals surface area (Å²) in [7, 11) is 0. The van der Waals surface area contributed by atoms with E-state index >= 15 is 0 Å². The maximum atomic E-state index is 6.03. The lowest BCUT2D eigenvalue weighted by Crippen LogP contribution is -2.28. The van der Waals surface area contributed by atoms with Crippen LogP contribution in [-0.4, -0.2) is 29.0 Å². The summed E-state index contributed by atoms with van der Waals surface area (Å²) < 4.78 is 5.35. The highest BCUT2D eigenvalue weighted by Crippen LogP contribution is 2.25. The highest BCUT2D eigenvalue weighted by atomic mass is 32.1. The van der Waals surface area contributed by atoms with Crippen molar-refractivity contribution in [2.75, 3.05) is 13.1 Å². The molecule has 0 amide bonds. The number of thiazole rings is 1. The van der Waals surface area contributed by atoms with Gasteiger partial charge in [-0.15, -0.1) is 11.3 Å². The van der Waals surface area contributed by atoms with Crippen molar-refractivity contribution in [3.8, 4) is 10.8 Å². The van der Waals surface area contributed by atoms with Gasteiger partial charge in [-0.25, -0.2) is 4.98 Å². The molecule has 18 heavy (non-hydrogen) atoms. The van der Waals surface area contributed by atoms with Crippen molar-refractivity contribution in [1.82, 2.24) is 9.88 Å². The summed E-state index contributed by atoms with van der Waals surface area (Å²) in [5, 5.41) is 3.05. The van der Waals surface area contributed by atoms with E-state index in [0.29, 0.717) is 12.0 Å². The fourth-order valence-corrected chi connectivity index (χ4v) is 3.12. The maximum absolute atomic E-state index is 6.03. The van der Waals surface area contributed by atoms with Gasteiger partial charge in [0, 0.05) is 31.1 Å². The molecule has 1 aliphatic rings. The van der Waals surface area contributed by atoms with Crippen LogP contribution in [0.15, 0.2) is 28.2 Å². The monoisotopic (exact) mass is 263 g/mol. The molecule has 3 heterocycles. The molecule has 0 aliphatic carbocycles. The fourth-order valence-electron chi connectivity index (χ4n) is 2.35. The highest BCUT2D eigenvalue weighted by Gasteiger charge is 2.26. The Balaban J connectivity index is 1.68. The van der Waals surface area contributed by atoms with E-state index in [1.165, 1.54) is 0 Å². The van der Waals surface area contributed by atoms with Crippen molar-refractivity contribution >= 4 is 11.3 Å². The number of aromatic nitrogens is 1. The number of hydrogen-bond donors (Lipinski definition) is 1. The van der Waals surface area contributed by atoms with Crippen LogP contribution in [0.5, 0.6) is 0 Å². The third-order valence-corrected chi connectivity index (χ3v) is 4.32. The smallest absolute Gasteiger partial charge is 0.162 e. The molecule has 5 heteroatoms. The number of nitrogens with two attached hydrogens (primary N) is 1. The van der Waals surface area contributed by atoms with E-state index in [4.69, 9.17) is 10.2 Å². The van der Waals surface area contributed by atoms with Gasteiger partial charge in [0.15, 0.2) is 10.8 Å². The third kappa shape index (κ3) is 2.34. The number of nitrogens with zero attached hydrogens (tertiary/aromatic N) is 2. The Morgan fingerprint density at radius 1 is 1.56 bits per heavy atom. The largest absolute Gasteiger partial charge is 0.462 e. The number of rotatable bonds is 3. The second-order valence-electron chi connectivity index (χ2n) is 4.96. The van der Waals surface area contributed by atoms with E-state index in [0.717, 1.165) is 36.1 Å². The molecule has 1 aliphatic heterocycles. The zero-order valence-corrected chi connectivity index (χ0v) is 11.2. The first kappa shape index (κ1) is 11.9. The Morgan fingerprint density at radius 3 is 3.11 bits per heavy atom. The molecule has 2 unspecified atom stereocenters. The van der Waals surface area contributed by atoms with Gasteiger partial charge < -0.3 is 10.2 Å². The van der Waals surface area contributed by atoms with Crippen LogP contribution in [0.4, 0.5) is 0 Å². The second-order valence-corrected chi connectivity index (χ2v) is 5.81. The van der Waals surface area contributed by atoms with Crippen LogP contribution in [0.2, 0.25) is 0 Å². The van der Waals surface area contributed by atoms with Gasteiger partial charge in [0.1, 0.15) is 0 Å². The Kier molecular flexibility index (Phi) is 3.20. The first-order chi connectivity index (χ1) is 8.72. The van der Waals surface area contributed by atoms with Crippen molar-refractivity contribution in [3.05, 3.63) is 29.5 Å². The summed E-state index contributed by atoms with van der Waals surface area (Å²) in [4.78, 5) is 6.98. The lowest BCUT2D eigenvalue weighted by atomic mass is 10.1. The van der Waals surface area contributed by atoms with Crippen LogP contribution in [0.1, 0.15) is 12.6 Å². The number of likely N-dealkylation sites (tertiary alicyclic amines) is 1. The molecule has 2 atom stereocenters. The van der Waals surface area contributed by atoms with Crippen LogP contribution in [0.25, 0.3) is 10.8 Å². The first-order valence-corrected chi connectivity index (χ1v) is 7.06. The van der Waals surface area contributed by atoms with Crippen LogP contribution < -0.4 is 5.73 Å². The topological polar surface area (TPSA) is 55.3 Å². The zero-order chi connectivity index (χ0) is 12.5. The average Bonchev–Trinajstić information content (AvgIpc) is 3.02. The van der Waals surface area contributed by atoms with Gasteiger partial charge in [0.2, 0.25) is 0 Å². The minimum absolute atomic E-state index is 0.299. The molecule has 96 valence electrons. The molecule has 4 nitrogen and oxygen atoms in total. The summed E-state index contributed by atoms with van der Waals surface area (Å²) in [5.41, 5.74) is 7.13. The third-order valence-electron chi connectivity index (χ3n) is 3.42. The molecule has 2 N–H and O–H groups in total. The lowest BCUT2D eigenvalue weighted by Gasteiger charge is -2.12. The molecule has 1 saturated heterocycles. The molecule has 0 saturated carbocycles. The van der Waals surface area contributed by atoms with Crippen molar-refractivity contribution in [1.29, 1.82) is 0 Å². The van der Waals surface area contributed by atoms with Crippen molar-refractivity contribution in [3.63, 3.8) is 0 Å². The molecule has 0 spiro atoms. The molecule has 1 fully saturated rings. The van der Waals surface area contributed by atoms with E-state index in [1.54, 1.807) is 17.6 Å². The number of furan rings is 1. The minimum Gasteiger partial charge on any atom is -0.462 e. The summed E-state index contributed by atoms with van der Waals surface area (Å²) >= 11 is 1.63. The van der Waals surface area contributed by atoms with Crippen molar-refractivity contribution in [2.24, 2.45) is 11.7 Å². The van der Waals surface area contributed by atoms with Gasteiger partial charge in [0.25, 0.3) is 0 Å². The normalized spacial score (nSPS) is 24.8. The standard InChI is InChI=1S/C13H17N3OS/c1-9-5-16(7-11(9)14)6-10-8-18-13(15-10)12-3-2-4-17-12/h2-4,8-9,11H,5-7,14H2,1H3. The second kappa shape index (κ2) is 4.84.